The first-order valence-electron chi connectivity index (χ1n) is 6.77. The number of hydrogen-bond acceptors (Lipinski definition) is 2. The highest BCUT2D eigenvalue weighted by Crippen LogP contribution is 2.14. The molecule has 0 unspecified atom stereocenters. The molecule has 0 saturated carbocycles. The third-order valence-corrected chi connectivity index (χ3v) is 3.27. The Morgan fingerprint density at radius 3 is 2.48 bits per heavy atom. The molecule has 21 heavy (non-hydrogen) atoms. The number of rotatable bonds is 6. The molecule has 110 valence electrons. The van der Waals surface area contributed by atoms with E-state index < -0.39 is 11.6 Å². The third-order valence-electron chi connectivity index (χ3n) is 3.27. The van der Waals surface area contributed by atoms with Crippen LogP contribution in [-0.4, -0.2) is 24.3 Å². The number of ketones is 1. The van der Waals surface area contributed by atoms with E-state index in [1.54, 1.807) is 0 Å². The lowest BCUT2D eigenvalue weighted by Crippen LogP contribution is -2.21. The molecular weight excluding hydrogens is 272 g/mol. The average Bonchev–Trinajstić information content (AvgIpc) is 2.48. The Morgan fingerprint density at radius 2 is 1.76 bits per heavy atom. The van der Waals surface area contributed by atoms with E-state index in [4.69, 9.17) is 0 Å². The first-order chi connectivity index (χ1) is 10.1. The zero-order valence-corrected chi connectivity index (χ0v) is 11.9. The molecule has 0 amide bonds. The van der Waals surface area contributed by atoms with Crippen LogP contribution in [-0.2, 0) is 6.54 Å². The monoisotopic (exact) mass is 289 g/mol. The van der Waals surface area contributed by atoms with Crippen molar-refractivity contribution in [3.63, 3.8) is 0 Å². The fourth-order valence-corrected chi connectivity index (χ4v) is 2.12. The largest absolute Gasteiger partial charge is 0.302 e. The van der Waals surface area contributed by atoms with Crippen LogP contribution in [0.5, 0.6) is 0 Å². The first-order valence-corrected chi connectivity index (χ1v) is 6.77. The van der Waals surface area contributed by atoms with E-state index in [1.807, 2.05) is 42.3 Å². The fourth-order valence-electron chi connectivity index (χ4n) is 2.12. The lowest BCUT2D eigenvalue weighted by Gasteiger charge is -2.16. The van der Waals surface area contributed by atoms with Crippen LogP contribution in [0.1, 0.15) is 22.3 Å². The Labute approximate surface area is 123 Å². The standard InChI is InChI=1S/C17H17F2NO/c1-20(12-13-6-3-2-4-7-13)11-10-16(21)14-8-5-9-15(18)17(14)19/h2-9H,10-12H2,1H3. The molecule has 0 bridgehead atoms. The number of halogens is 2. The van der Waals surface area contributed by atoms with Crippen molar-refractivity contribution in [2.75, 3.05) is 13.6 Å². The summed E-state index contributed by atoms with van der Waals surface area (Å²) in [5.74, 6) is -2.43. The molecule has 0 aliphatic rings. The Hall–Kier alpha value is -2.07. The van der Waals surface area contributed by atoms with Crippen LogP contribution < -0.4 is 0 Å². The third kappa shape index (κ3) is 4.20. The van der Waals surface area contributed by atoms with Gasteiger partial charge in [-0.2, -0.15) is 0 Å². The molecule has 0 spiro atoms. The van der Waals surface area contributed by atoms with Gasteiger partial charge in [-0.3, -0.25) is 4.79 Å². The molecule has 0 radical (unpaired) electrons. The number of Topliss-reactive ketones (excluding diaryl/α,β-unsaturated/α-hetero) is 1. The van der Waals surface area contributed by atoms with E-state index in [0.717, 1.165) is 11.6 Å². The minimum atomic E-state index is -1.06. The number of carbonyl (C=O) groups is 1. The van der Waals surface area contributed by atoms with Gasteiger partial charge in [0.2, 0.25) is 0 Å². The van der Waals surface area contributed by atoms with Gasteiger partial charge < -0.3 is 4.90 Å². The molecule has 2 rings (SSSR count). The van der Waals surface area contributed by atoms with Gasteiger partial charge >= 0.3 is 0 Å². The molecule has 0 aliphatic heterocycles. The molecule has 2 nitrogen and oxygen atoms in total. The van der Waals surface area contributed by atoms with E-state index in [0.29, 0.717) is 13.1 Å². The predicted octanol–water partition coefficient (Wildman–Crippen LogP) is 3.67. The SMILES string of the molecule is CN(CCC(=O)c1cccc(F)c1F)Cc1ccccc1. The molecular formula is C17H17F2NO. The molecule has 0 saturated heterocycles. The number of nitrogens with zero attached hydrogens (tertiary/aromatic N) is 1. The second kappa shape index (κ2) is 7.09. The zero-order valence-electron chi connectivity index (χ0n) is 11.9. The molecule has 2 aromatic carbocycles. The van der Waals surface area contributed by atoms with Crippen molar-refractivity contribution in [1.82, 2.24) is 4.90 Å². The number of hydrogen-bond donors (Lipinski definition) is 0. The normalized spacial score (nSPS) is 10.9. The molecule has 0 heterocycles. The van der Waals surface area contributed by atoms with Gasteiger partial charge in [0, 0.05) is 19.5 Å². The van der Waals surface area contributed by atoms with Crippen LogP contribution in [0, 0.1) is 11.6 Å². The summed E-state index contributed by atoms with van der Waals surface area (Å²) < 4.78 is 26.6. The lowest BCUT2D eigenvalue weighted by atomic mass is 10.1. The van der Waals surface area contributed by atoms with E-state index in [-0.39, 0.29) is 17.8 Å². The van der Waals surface area contributed by atoms with Crippen LogP contribution >= 0.6 is 0 Å². The molecule has 0 aromatic heterocycles. The second-order valence-electron chi connectivity index (χ2n) is 5.00. The minimum Gasteiger partial charge on any atom is -0.302 e. The summed E-state index contributed by atoms with van der Waals surface area (Å²) in [7, 11) is 1.89. The van der Waals surface area contributed by atoms with Crippen LogP contribution in [0.15, 0.2) is 48.5 Å². The minimum absolute atomic E-state index is 0.156. The van der Waals surface area contributed by atoms with Gasteiger partial charge in [-0.1, -0.05) is 36.4 Å². The Morgan fingerprint density at radius 1 is 1.05 bits per heavy atom. The summed E-state index contributed by atoms with van der Waals surface area (Å²) in [4.78, 5) is 13.9. The molecule has 0 N–H and O–H groups in total. The summed E-state index contributed by atoms with van der Waals surface area (Å²) in [6.07, 6.45) is 0.156. The fraction of sp³-hybridized carbons (Fsp3) is 0.235. The van der Waals surface area contributed by atoms with Gasteiger partial charge in [-0.25, -0.2) is 8.78 Å². The highest BCUT2D eigenvalue weighted by atomic mass is 19.2. The highest BCUT2D eigenvalue weighted by molar-refractivity contribution is 5.96. The van der Waals surface area contributed by atoms with Gasteiger partial charge in [-0.15, -0.1) is 0 Å². The van der Waals surface area contributed by atoms with Crippen molar-refractivity contribution >= 4 is 5.78 Å². The van der Waals surface area contributed by atoms with Crippen LogP contribution in [0.25, 0.3) is 0 Å². The van der Waals surface area contributed by atoms with E-state index in [2.05, 4.69) is 0 Å². The van der Waals surface area contributed by atoms with Crippen molar-refractivity contribution in [2.24, 2.45) is 0 Å². The van der Waals surface area contributed by atoms with Gasteiger partial charge in [0.25, 0.3) is 0 Å². The highest BCUT2D eigenvalue weighted by Gasteiger charge is 2.15. The van der Waals surface area contributed by atoms with E-state index in [9.17, 15) is 13.6 Å². The van der Waals surface area contributed by atoms with Crippen molar-refractivity contribution in [3.05, 3.63) is 71.3 Å². The van der Waals surface area contributed by atoms with Gasteiger partial charge in [0.1, 0.15) is 0 Å². The van der Waals surface area contributed by atoms with Gasteiger partial charge in [0.15, 0.2) is 17.4 Å². The van der Waals surface area contributed by atoms with Crippen LogP contribution in [0.2, 0.25) is 0 Å². The first kappa shape index (κ1) is 15.3. The van der Waals surface area contributed by atoms with Crippen LogP contribution in [0.3, 0.4) is 0 Å². The second-order valence-corrected chi connectivity index (χ2v) is 5.00. The Kier molecular flexibility index (Phi) is 5.17. The van der Waals surface area contributed by atoms with Crippen molar-refractivity contribution in [2.45, 2.75) is 13.0 Å². The average molecular weight is 289 g/mol. The Bertz CT molecular complexity index is 613. The summed E-state index contributed by atoms with van der Waals surface area (Å²) in [5, 5.41) is 0. The van der Waals surface area contributed by atoms with Gasteiger partial charge in [-0.05, 0) is 24.7 Å². The maximum atomic E-state index is 13.5. The topological polar surface area (TPSA) is 20.3 Å². The van der Waals surface area contributed by atoms with Gasteiger partial charge in [0.05, 0.1) is 5.56 Å². The van der Waals surface area contributed by atoms with Crippen molar-refractivity contribution in [3.8, 4) is 0 Å². The molecule has 2 aromatic rings. The Balaban J connectivity index is 1.90. The molecule has 4 heteroatoms. The summed E-state index contributed by atoms with van der Waals surface area (Å²) >= 11 is 0. The van der Waals surface area contributed by atoms with Crippen LogP contribution in [0.4, 0.5) is 8.78 Å². The van der Waals surface area contributed by atoms with Crippen molar-refractivity contribution in [1.29, 1.82) is 0 Å². The van der Waals surface area contributed by atoms with Crippen molar-refractivity contribution < 1.29 is 13.6 Å². The smallest absolute Gasteiger partial charge is 0.169 e. The molecule has 0 atom stereocenters. The molecule has 0 fully saturated rings. The predicted molar refractivity (Wildman–Crippen MR) is 78.1 cm³/mol. The quantitative estimate of drug-likeness (QED) is 0.756. The maximum absolute atomic E-state index is 13.5. The number of benzene rings is 2. The van der Waals surface area contributed by atoms with E-state index in [1.165, 1.54) is 12.1 Å². The summed E-state index contributed by atoms with van der Waals surface area (Å²) in [6, 6.07) is 13.5. The summed E-state index contributed by atoms with van der Waals surface area (Å²) in [5.41, 5.74) is 0.965. The maximum Gasteiger partial charge on any atom is 0.169 e. The lowest BCUT2D eigenvalue weighted by molar-refractivity contribution is 0.0963. The zero-order chi connectivity index (χ0) is 15.2. The number of carbonyl (C=O) groups excluding carboxylic acids is 1. The summed E-state index contributed by atoms with van der Waals surface area (Å²) in [6.45, 7) is 1.20. The van der Waals surface area contributed by atoms with E-state index >= 15 is 0 Å². The molecule has 0 aliphatic carbocycles.